The molecule has 100 valence electrons. The third-order valence-electron chi connectivity index (χ3n) is 2.46. The Morgan fingerprint density at radius 3 is 2.21 bits per heavy atom. The molecule has 7 heteroatoms. The molecular weight excluding hydrogens is 302 g/mol. The summed E-state index contributed by atoms with van der Waals surface area (Å²) in [7, 11) is 0. The van der Waals surface area contributed by atoms with Crippen LogP contribution in [0.15, 0.2) is 35.3 Å². The number of nitrogens with one attached hydrogen (secondary N) is 1. The van der Waals surface area contributed by atoms with Crippen LogP contribution in [0.4, 0.5) is 13.2 Å². The molecule has 1 aromatic heterocycles. The van der Waals surface area contributed by atoms with E-state index in [-0.39, 0.29) is 21.2 Å². The Bertz CT molecular complexity index is 659. The molecule has 0 atom stereocenters. The molecule has 1 N–H and O–H groups in total. The number of aromatic amines is 1. The van der Waals surface area contributed by atoms with Gasteiger partial charge in [0.1, 0.15) is 0 Å². The van der Waals surface area contributed by atoms with Gasteiger partial charge >= 0.3 is 6.18 Å². The molecule has 0 bridgehead atoms. The first-order valence-corrected chi connectivity index (χ1v) is 5.80. The fraction of sp³-hybridized carbons (Fsp3) is 0.0833. The molecule has 0 fully saturated rings. The summed E-state index contributed by atoms with van der Waals surface area (Å²) in [6.45, 7) is 0. The molecule has 0 saturated carbocycles. The van der Waals surface area contributed by atoms with Crippen LogP contribution in [-0.2, 0) is 6.18 Å². The summed E-state index contributed by atoms with van der Waals surface area (Å²) in [5.41, 5.74) is -1.80. The summed E-state index contributed by atoms with van der Waals surface area (Å²) >= 11 is 11.8. The zero-order chi connectivity index (χ0) is 14.2. The molecule has 0 saturated heterocycles. The molecule has 0 unspecified atom stereocenters. The average Bonchev–Trinajstić information content (AvgIpc) is 2.29. The largest absolute Gasteiger partial charge is 0.417 e. The number of benzene rings is 1. The van der Waals surface area contributed by atoms with Crippen molar-refractivity contribution in [3.8, 4) is 11.1 Å². The van der Waals surface area contributed by atoms with Crippen LogP contribution in [0.2, 0.25) is 10.0 Å². The maximum absolute atomic E-state index is 12.6. The van der Waals surface area contributed by atoms with Crippen molar-refractivity contribution in [3.63, 3.8) is 0 Å². The predicted octanol–water partition coefficient (Wildman–Crippen LogP) is 4.37. The van der Waals surface area contributed by atoms with Crippen molar-refractivity contribution >= 4 is 23.2 Å². The lowest BCUT2D eigenvalue weighted by Crippen LogP contribution is -2.14. The Kier molecular flexibility index (Phi) is 3.60. The van der Waals surface area contributed by atoms with Crippen molar-refractivity contribution in [2.45, 2.75) is 6.18 Å². The van der Waals surface area contributed by atoms with Gasteiger partial charge in [-0.05, 0) is 18.2 Å². The van der Waals surface area contributed by atoms with Crippen molar-refractivity contribution in [1.29, 1.82) is 0 Å². The Morgan fingerprint density at radius 1 is 1.11 bits per heavy atom. The van der Waals surface area contributed by atoms with E-state index in [1.54, 1.807) is 0 Å². The average molecular weight is 308 g/mol. The van der Waals surface area contributed by atoms with Crippen LogP contribution in [0, 0.1) is 0 Å². The zero-order valence-electron chi connectivity index (χ0n) is 9.18. The van der Waals surface area contributed by atoms with Gasteiger partial charge in [0.2, 0.25) is 0 Å². The van der Waals surface area contributed by atoms with E-state index < -0.39 is 17.3 Å². The number of hydrogen-bond donors (Lipinski definition) is 1. The van der Waals surface area contributed by atoms with Gasteiger partial charge in [0.15, 0.2) is 0 Å². The van der Waals surface area contributed by atoms with E-state index in [1.165, 1.54) is 18.2 Å². The number of alkyl halides is 3. The number of hydrogen-bond acceptors (Lipinski definition) is 1. The Hall–Kier alpha value is -1.46. The molecule has 0 radical (unpaired) electrons. The monoisotopic (exact) mass is 307 g/mol. The van der Waals surface area contributed by atoms with Crippen molar-refractivity contribution in [1.82, 2.24) is 4.98 Å². The van der Waals surface area contributed by atoms with E-state index in [0.29, 0.717) is 6.20 Å². The summed E-state index contributed by atoms with van der Waals surface area (Å²) in [5, 5.41) is 0.217. The van der Waals surface area contributed by atoms with Gasteiger partial charge in [-0.25, -0.2) is 0 Å². The molecule has 2 aromatic rings. The fourth-order valence-electron chi connectivity index (χ4n) is 1.59. The molecule has 2 nitrogen and oxygen atoms in total. The normalized spacial score (nSPS) is 11.6. The van der Waals surface area contributed by atoms with Crippen LogP contribution in [-0.4, -0.2) is 4.98 Å². The minimum absolute atomic E-state index is 0.0817. The summed E-state index contributed by atoms with van der Waals surface area (Å²) in [6.07, 6.45) is -3.96. The van der Waals surface area contributed by atoms with Gasteiger partial charge in [0.25, 0.3) is 5.56 Å². The van der Waals surface area contributed by atoms with Crippen molar-refractivity contribution in [3.05, 3.63) is 56.4 Å². The Morgan fingerprint density at radius 2 is 1.68 bits per heavy atom. The summed E-state index contributed by atoms with van der Waals surface area (Å²) in [4.78, 5) is 13.7. The van der Waals surface area contributed by atoms with Crippen LogP contribution < -0.4 is 5.56 Å². The first-order valence-electron chi connectivity index (χ1n) is 5.05. The van der Waals surface area contributed by atoms with E-state index >= 15 is 0 Å². The smallest absolute Gasteiger partial charge is 0.328 e. The van der Waals surface area contributed by atoms with Gasteiger partial charge < -0.3 is 4.98 Å². The van der Waals surface area contributed by atoms with Gasteiger partial charge in [-0.3, -0.25) is 4.79 Å². The second kappa shape index (κ2) is 4.90. The van der Waals surface area contributed by atoms with Crippen molar-refractivity contribution < 1.29 is 13.2 Å². The lowest BCUT2D eigenvalue weighted by Gasteiger charge is -2.10. The van der Waals surface area contributed by atoms with E-state index in [0.717, 1.165) is 6.07 Å². The number of H-pyrrole nitrogens is 1. The number of aromatic nitrogens is 1. The van der Waals surface area contributed by atoms with Gasteiger partial charge in [-0.1, -0.05) is 29.3 Å². The highest BCUT2D eigenvalue weighted by molar-refractivity contribution is 6.39. The highest BCUT2D eigenvalue weighted by Crippen LogP contribution is 2.35. The minimum Gasteiger partial charge on any atom is -0.328 e. The molecule has 1 aromatic carbocycles. The third kappa shape index (κ3) is 2.77. The molecule has 0 aliphatic rings. The zero-order valence-corrected chi connectivity index (χ0v) is 10.7. The summed E-state index contributed by atoms with van der Waals surface area (Å²) in [5.74, 6) is 0. The number of pyridine rings is 1. The molecule has 0 aliphatic heterocycles. The van der Waals surface area contributed by atoms with Crippen LogP contribution in [0.25, 0.3) is 11.1 Å². The first-order chi connectivity index (χ1) is 8.80. The van der Waals surface area contributed by atoms with Gasteiger partial charge in [-0.2, -0.15) is 13.2 Å². The first kappa shape index (κ1) is 14.0. The summed E-state index contributed by atoms with van der Waals surface area (Å²) < 4.78 is 37.9. The Balaban J connectivity index is 2.72. The highest BCUT2D eigenvalue weighted by Gasteiger charge is 2.31. The van der Waals surface area contributed by atoms with Crippen LogP contribution in [0.3, 0.4) is 0 Å². The topological polar surface area (TPSA) is 32.9 Å². The number of halogens is 5. The fourth-order valence-corrected chi connectivity index (χ4v) is 2.19. The van der Waals surface area contributed by atoms with E-state index in [9.17, 15) is 18.0 Å². The van der Waals surface area contributed by atoms with Gasteiger partial charge in [0, 0.05) is 11.8 Å². The van der Waals surface area contributed by atoms with Crippen molar-refractivity contribution in [2.75, 3.05) is 0 Å². The molecule has 0 spiro atoms. The maximum atomic E-state index is 12.6. The lowest BCUT2D eigenvalue weighted by atomic mass is 10.1. The Labute approximate surface area is 115 Å². The third-order valence-corrected chi connectivity index (χ3v) is 3.09. The molecule has 0 amide bonds. The lowest BCUT2D eigenvalue weighted by molar-refractivity contribution is -0.137. The van der Waals surface area contributed by atoms with Crippen molar-refractivity contribution in [2.24, 2.45) is 0 Å². The molecule has 0 aliphatic carbocycles. The molecular formula is C12H6Cl2F3NO. The van der Waals surface area contributed by atoms with Crippen LogP contribution in [0.1, 0.15) is 5.56 Å². The quantitative estimate of drug-likeness (QED) is 0.834. The standard InChI is InChI=1S/C12H6Cl2F3NO/c13-8-2-1-3-9(14)10(8)7-4-6(12(15,16)17)5-18-11(7)19/h1-5H,(H,18,19). The summed E-state index contributed by atoms with van der Waals surface area (Å²) in [6, 6.07) is 5.16. The van der Waals surface area contributed by atoms with Gasteiger partial charge in [0.05, 0.1) is 21.2 Å². The second-order valence-electron chi connectivity index (χ2n) is 3.73. The number of rotatable bonds is 1. The molecule has 2 rings (SSSR count). The predicted molar refractivity (Wildman–Crippen MR) is 67.5 cm³/mol. The van der Waals surface area contributed by atoms with E-state index in [2.05, 4.69) is 0 Å². The van der Waals surface area contributed by atoms with Crippen LogP contribution >= 0.6 is 23.2 Å². The van der Waals surface area contributed by atoms with E-state index in [1.807, 2.05) is 4.98 Å². The molecule has 19 heavy (non-hydrogen) atoms. The van der Waals surface area contributed by atoms with Crippen LogP contribution in [0.5, 0.6) is 0 Å². The highest BCUT2D eigenvalue weighted by atomic mass is 35.5. The minimum atomic E-state index is -4.56. The maximum Gasteiger partial charge on any atom is 0.417 e. The SMILES string of the molecule is O=c1[nH]cc(C(F)(F)F)cc1-c1c(Cl)cccc1Cl. The molecule has 1 heterocycles. The second-order valence-corrected chi connectivity index (χ2v) is 4.54. The van der Waals surface area contributed by atoms with E-state index in [4.69, 9.17) is 23.2 Å². The van der Waals surface area contributed by atoms with Gasteiger partial charge in [-0.15, -0.1) is 0 Å².